The lowest BCUT2D eigenvalue weighted by Gasteiger charge is -2.30. The molecule has 2 fully saturated rings. The molecule has 0 spiro atoms. The third-order valence-corrected chi connectivity index (χ3v) is 8.35. The lowest BCUT2D eigenvalue weighted by molar-refractivity contribution is -0.134. The molecule has 0 aliphatic carbocycles. The molecule has 9 heteroatoms. The van der Waals surface area contributed by atoms with Crippen LogP contribution in [0.2, 0.25) is 0 Å². The average Bonchev–Trinajstić information content (AvgIpc) is 3.41. The van der Waals surface area contributed by atoms with Crippen molar-refractivity contribution in [3.05, 3.63) is 40.0 Å². The first kappa shape index (κ1) is 21.4. The zero-order valence-corrected chi connectivity index (χ0v) is 18.5. The highest BCUT2D eigenvalue weighted by atomic mass is 32.2. The molecule has 30 heavy (non-hydrogen) atoms. The fraction of sp³-hybridized carbons (Fsp3) is 0.524. The minimum Gasteiger partial charge on any atom is -0.376 e. The Kier molecular flexibility index (Phi) is 6.22. The number of ether oxygens (including phenoxy) is 1. The maximum absolute atomic E-state index is 13.3. The first-order valence-electron chi connectivity index (χ1n) is 10.1. The van der Waals surface area contributed by atoms with E-state index in [4.69, 9.17) is 4.74 Å². The number of halogens is 1. The fourth-order valence-corrected chi connectivity index (χ4v) is 6.82. The Morgan fingerprint density at radius 1 is 1.30 bits per heavy atom. The number of thiazole rings is 1. The summed E-state index contributed by atoms with van der Waals surface area (Å²) in [5.74, 6) is -0.307. The molecule has 0 saturated carbocycles. The summed E-state index contributed by atoms with van der Waals surface area (Å²) in [5, 5.41) is 0.825. The van der Waals surface area contributed by atoms with Gasteiger partial charge in [-0.05, 0) is 50.5 Å². The molecule has 1 aromatic carbocycles. The maximum Gasteiger partial charge on any atom is 0.228 e. The molecule has 1 amide bonds. The fourth-order valence-electron chi connectivity index (χ4n) is 4.14. The second-order valence-corrected chi connectivity index (χ2v) is 11.4. The number of rotatable bonds is 6. The third-order valence-electron chi connectivity index (χ3n) is 5.63. The van der Waals surface area contributed by atoms with Gasteiger partial charge in [0.15, 0.2) is 9.84 Å². The second kappa shape index (κ2) is 8.72. The smallest absolute Gasteiger partial charge is 0.228 e. The molecule has 2 aromatic rings. The normalized spacial score (nSPS) is 23.0. The molecule has 0 bridgehead atoms. The Balaban J connectivity index is 1.57. The van der Waals surface area contributed by atoms with Crippen LogP contribution in [0.4, 0.5) is 4.39 Å². The lowest BCUT2D eigenvalue weighted by atomic mass is 10.1. The SMILES string of the molecule is Cc1nc(-c2ccc(F)cc2)c(CC(=O)N(C[C@@H]2CCCO2)[C@H]2CCS(=O)(=O)C2)s1. The molecule has 4 rings (SSSR count). The number of aryl methyl sites for hydroxylation is 1. The predicted octanol–water partition coefficient (Wildman–Crippen LogP) is 2.99. The summed E-state index contributed by atoms with van der Waals surface area (Å²) < 4.78 is 43.1. The number of benzene rings is 1. The first-order chi connectivity index (χ1) is 14.3. The molecular weight excluding hydrogens is 427 g/mol. The number of nitrogens with zero attached hydrogens (tertiary/aromatic N) is 2. The van der Waals surface area contributed by atoms with Gasteiger partial charge < -0.3 is 9.64 Å². The highest BCUT2D eigenvalue weighted by Gasteiger charge is 2.36. The predicted molar refractivity (Wildman–Crippen MR) is 114 cm³/mol. The first-order valence-corrected chi connectivity index (χ1v) is 12.8. The molecule has 1 aromatic heterocycles. The summed E-state index contributed by atoms with van der Waals surface area (Å²) in [4.78, 5) is 20.4. The van der Waals surface area contributed by atoms with Gasteiger partial charge in [-0.1, -0.05) is 0 Å². The van der Waals surface area contributed by atoms with Crippen LogP contribution in [-0.4, -0.2) is 61.0 Å². The highest BCUT2D eigenvalue weighted by molar-refractivity contribution is 7.91. The number of sulfone groups is 1. The van der Waals surface area contributed by atoms with Crippen LogP contribution in [0, 0.1) is 12.7 Å². The van der Waals surface area contributed by atoms with Crippen molar-refractivity contribution in [3.63, 3.8) is 0 Å². The summed E-state index contributed by atoms with van der Waals surface area (Å²) in [6.07, 6.45) is 2.40. The molecule has 2 saturated heterocycles. The van der Waals surface area contributed by atoms with Crippen LogP contribution in [0.3, 0.4) is 0 Å². The van der Waals surface area contributed by atoms with Crippen molar-refractivity contribution >= 4 is 27.1 Å². The van der Waals surface area contributed by atoms with Gasteiger partial charge in [-0.3, -0.25) is 4.79 Å². The van der Waals surface area contributed by atoms with E-state index < -0.39 is 9.84 Å². The van der Waals surface area contributed by atoms with Crippen molar-refractivity contribution < 1.29 is 22.3 Å². The second-order valence-electron chi connectivity index (χ2n) is 7.93. The monoisotopic (exact) mass is 452 g/mol. The summed E-state index contributed by atoms with van der Waals surface area (Å²) >= 11 is 1.44. The van der Waals surface area contributed by atoms with Crippen LogP contribution in [-0.2, 0) is 25.8 Å². The van der Waals surface area contributed by atoms with Crippen molar-refractivity contribution in [2.45, 2.75) is 44.8 Å². The van der Waals surface area contributed by atoms with E-state index in [1.54, 1.807) is 17.0 Å². The number of hydrogen-bond donors (Lipinski definition) is 0. The minimum absolute atomic E-state index is 0.0119. The molecule has 2 aliphatic heterocycles. The number of amides is 1. The van der Waals surface area contributed by atoms with Gasteiger partial charge in [0, 0.05) is 29.6 Å². The van der Waals surface area contributed by atoms with E-state index in [0.717, 1.165) is 28.3 Å². The van der Waals surface area contributed by atoms with E-state index in [2.05, 4.69) is 4.98 Å². The quantitative estimate of drug-likeness (QED) is 0.674. The summed E-state index contributed by atoms with van der Waals surface area (Å²) in [6, 6.07) is 5.76. The van der Waals surface area contributed by atoms with E-state index >= 15 is 0 Å². The summed E-state index contributed by atoms with van der Waals surface area (Å²) in [7, 11) is -3.11. The Hall–Kier alpha value is -1.84. The van der Waals surface area contributed by atoms with Crippen LogP contribution in [0.15, 0.2) is 24.3 Å². The molecule has 6 nitrogen and oxygen atoms in total. The van der Waals surface area contributed by atoms with Gasteiger partial charge in [-0.25, -0.2) is 17.8 Å². The van der Waals surface area contributed by atoms with Gasteiger partial charge in [0.2, 0.25) is 5.91 Å². The van der Waals surface area contributed by atoms with Gasteiger partial charge in [-0.15, -0.1) is 11.3 Å². The van der Waals surface area contributed by atoms with Crippen molar-refractivity contribution in [1.82, 2.24) is 9.88 Å². The van der Waals surface area contributed by atoms with Crippen molar-refractivity contribution in [3.8, 4) is 11.3 Å². The number of carbonyl (C=O) groups excluding carboxylic acids is 1. The van der Waals surface area contributed by atoms with Gasteiger partial charge in [0.05, 0.1) is 34.7 Å². The topological polar surface area (TPSA) is 76.6 Å². The van der Waals surface area contributed by atoms with E-state index in [1.807, 2.05) is 6.92 Å². The third kappa shape index (κ3) is 4.90. The lowest BCUT2D eigenvalue weighted by Crippen LogP contribution is -2.45. The number of aromatic nitrogens is 1. The van der Waals surface area contributed by atoms with Crippen molar-refractivity contribution in [2.75, 3.05) is 24.7 Å². The maximum atomic E-state index is 13.3. The molecule has 3 heterocycles. The van der Waals surface area contributed by atoms with Gasteiger partial charge in [-0.2, -0.15) is 0 Å². The number of hydrogen-bond acceptors (Lipinski definition) is 6. The van der Waals surface area contributed by atoms with Crippen LogP contribution in [0.25, 0.3) is 11.3 Å². The zero-order valence-electron chi connectivity index (χ0n) is 16.8. The molecule has 2 atom stereocenters. The standard InChI is InChI=1S/C21H25FN2O4S2/c1-14-23-21(15-4-6-16(22)7-5-15)19(29-14)11-20(25)24(12-18-3-2-9-28-18)17-8-10-30(26,27)13-17/h4-7,17-18H,2-3,8-13H2,1H3/t17-,18-/m0/s1. The molecule has 0 N–H and O–H groups in total. The Morgan fingerprint density at radius 3 is 2.70 bits per heavy atom. The largest absolute Gasteiger partial charge is 0.376 e. The average molecular weight is 453 g/mol. The van der Waals surface area contributed by atoms with Gasteiger partial charge in [0.1, 0.15) is 5.82 Å². The van der Waals surface area contributed by atoms with E-state index in [-0.39, 0.29) is 41.8 Å². The van der Waals surface area contributed by atoms with E-state index in [0.29, 0.717) is 25.3 Å². The Morgan fingerprint density at radius 2 is 2.07 bits per heavy atom. The molecular formula is C21H25FN2O4S2. The highest BCUT2D eigenvalue weighted by Crippen LogP contribution is 2.30. The van der Waals surface area contributed by atoms with Gasteiger partial charge in [0.25, 0.3) is 0 Å². The molecule has 0 radical (unpaired) electrons. The molecule has 2 aliphatic rings. The van der Waals surface area contributed by atoms with E-state index in [1.165, 1.54) is 23.5 Å². The number of carbonyl (C=O) groups is 1. The zero-order chi connectivity index (χ0) is 21.3. The van der Waals surface area contributed by atoms with Crippen LogP contribution < -0.4 is 0 Å². The molecule has 0 unspecified atom stereocenters. The van der Waals surface area contributed by atoms with Crippen LogP contribution >= 0.6 is 11.3 Å². The van der Waals surface area contributed by atoms with Crippen molar-refractivity contribution in [2.24, 2.45) is 0 Å². The van der Waals surface area contributed by atoms with Crippen LogP contribution in [0.5, 0.6) is 0 Å². The van der Waals surface area contributed by atoms with Gasteiger partial charge >= 0.3 is 0 Å². The summed E-state index contributed by atoms with van der Waals surface area (Å²) in [5.41, 5.74) is 1.44. The van der Waals surface area contributed by atoms with Crippen molar-refractivity contribution in [1.29, 1.82) is 0 Å². The Labute approximate surface area is 180 Å². The Bertz CT molecular complexity index is 1010. The summed E-state index contributed by atoms with van der Waals surface area (Å²) in [6.45, 7) is 2.97. The molecule has 162 valence electrons. The van der Waals surface area contributed by atoms with E-state index in [9.17, 15) is 17.6 Å². The minimum atomic E-state index is -3.11. The van der Waals surface area contributed by atoms with Crippen LogP contribution in [0.1, 0.15) is 29.1 Å².